The molecule has 0 saturated carbocycles. The zero-order chi connectivity index (χ0) is 21.8. The van der Waals surface area contributed by atoms with Crippen molar-refractivity contribution in [2.24, 2.45) is 0 Å². The van der Waals surface area contributed by atoms with Crippen LogP contribution < -0.4 is 9.80 Å². The summed E-state index contributed by atoms with van der Waals surface area (Å²) in [5, 5.41) is 12.2. The summed E-state index contributed by atoms with van der Waals surface area (Å²) in [4.78, 5) is 30.3. The molecule has 4 rings (SSSR count). The lowest BCUT2D eigenvalue weighted by atomic mass is 10.1. The number of amides is 1. The lowest BCUT2D eigenvalue weighted by Gasteiger charge is -2.36. The molecule has 0 atom stereocenters. The molecule has 0 bridgehead atoms. The molecule has 0 unspecified atom stereocenters. The summed E-state index contributed by atoms with van der Waals surface area (Å²) in [6.45, 7) is 4.31. The van der Waals surface area contributed by atoms with E-state index in [-0.39, 0.29) is 16.5 Å². The Morgan fingerprint density at radius 2 is 1.48 bits per heavy atom. The largest absolute Gasteiger partial charge is 0.368 e. The molecule has 0 aliphatic carbocycles. The van der Waals surface area contributed by atoms with Crippen molar-refractivity contribution >= 4 is 34.6 Å². The third kappa shape index (κ3) is 4.93. The maximum absolute atomic E-state index is 12.7. The van der Waals surface area contributed by atoms with Gasteiger partial charge >= 0.3 is 0 Å². The van der Waals surface area contributed by atoms with E-state index in [1.54, 1.807) is 30.3 Å². The average molecular weight is 443 g/mol. The van der Waals surface area contributed by atoms with Crippen LogP contribution in [-0.4, -0.2) is 55.0 Å². The van der Waals surface area contributed by atoms with Crippen molar-refractivity contribution in [2.45, 2.75) is 25.7 Å². The number of rotatable bonds is 4. The minimum absolute atomic E-state index is 0.00488. The summed E-state index contributed by atoms with van der Waals surface area (Å²) < 4.78 is 0. The first kappa shape index (κ1) is 21.4. The van der Waals surface area contributed by atoms with E-state index in [9.17, 15) is 14.9 Å². The summed E-state index contributed by atoms with van der Waals surface area (Å²) >= 11 is 5.92. The van der Waals surface area contributed by atoms with Gasteiger partial charge in [-0.1, -0.05) is 24.4 Å². The predicted octanol–water partition coefficient (Wildman–Crippen LogP) is 4.59. The predicted molar refractivity (Wildman–Crippen MR) is 123 cm³/mol. The van der Waals surface area contributed by atoms with Gasteiger partial charge in [-0.15, -0.1) is 0 Å². The number of halogens is 1. The van der Waals surface area contributed by atoms with Gasteiger partial charge in [-0.25, -0.2) is 0 Å². The minimum atomic E-state index is -0.285. The number of nitro groups is 1. The number of nitrogens with zero attached hydrogens (tertiary/aromatic N) is 4. The van der Waals surface area contributed by atoms with Gasteiger partial charge in [0.05, 0.1) is 4.92 Å². The van der Waals surface area contributed by atoms with E-state index >= 15 is 0 Å². The second-order valence-corrected chi connectivity index (χ2v) is 8.55. The molecule has 2 aliphatic rings. The molecule has 0 spiro atoms. The molecule has 2 aliphatic heterocycles. The molecule has 31 heavy (non-hydrogen) atoms. The van der Waals surface area contributed by atoms with Crippen LogP contribution in [0.15, 0.2) is 42.5 Å². The van der Waals surface area contributed by atoms with Crippen molar-refractivity contribution in [1.29, 1.82) is 0 Å². The Morgan fingerprint density at radius 1 is 0.839 bits per heavy atom. The lowest BCUT2D eigenvalue weighted by molar-refractivity contribution is -0.384. The van der Waals surface area contributed by atoms with Crippen molar-refractivity contribution < 1.29 is 9.72 Å². The minimum Gasteiger partial charge on any atom is -0.368 e. The topological polar surface area (TPSA) is 69.9 Å². The zero-order valence-corrected chi connectivity index (χ0v) is 18.3. The zero-order valence-electron chi connectivity index (χ0n) is 17.5. The molecule has 8 heteroatoms. The van der Waals surface area contributed by atoms with Crippen LogP contribution in [0.5, 0.6) is 0 Å². The Morgan fingerprint density at radius 3 is 2.10 bits per heavy atom. The summed E-state index contributed by atoms with van der Waals surface area (Å²) in [6, 6.07) is 12.4. The van der Waals surface area contributed by atoms with Crippen molar-refractivity contribution in [3.8, 4) is 0 Å². The molecule has 0 N–H and O–H groups in total. The van der Waals surface area contributed by atoms with Gasteiger partial charge in [0, 0.05) is 61.6 Å². The Balaban J connectivity index is 1.47. The highest BCUT2D eigenvalue weighted by Crippen LogP contribution is 2.34. The van der Waals surface area contributed by atoms with Gasteiger partial charge in [0.1, 0.15) is 5.69 Å². The monoisotopic (exact) mass is 442 g/mol. The van der Waals surface area contributed by atoms with Crippen molar-refractivity contribution in [3.05, 3.63) is 63.2 Å². The number of benzene rings is 2. The third-order valence-electron chi connectivity index (χ3n) is 6.13. The summed E-state index contributed by atoms with van der Waals surface area (Å²) in [5.74, 6) is 0.00488. The van der Waals surface area contributed by atoms with E-state index in [2.05, 4.69) is 9.80 Å². The standard InChI is InChI=1S/C23H27ClN4O3/c24-19-7-5-18(6-8-19)23(29)27-15-13-25(14-16-27)20-9-10-21(28(30)31)22(17-20)26-11-3-1-2-4-12-26/h5-10,17H,1-4,11-16H2. The van der Waals surface area contributed by atoms with Crippen LogP contribution in [0, 0.1) is 10.1 Å². The molecule has 2 heterocycles. The molecule has 0 radical (unpaired) electrons. The molecule has 7 nitrogen and oxygen atoms in total. The maximum atomic E-state index is 12.7. The average Bonchev–Trinajstić information content (AvgIpc) is 3.08. The highest BCUT2D eigenvalue weighted by Gasteiger charge is 2.25. The molecule has 2 aromatic carbocycles. The number of carbonyl (C=O) groups is 1. The van der Waals surface area contributed by atoms with Crippen molar-refractivity contribution in [1.82, 2.24) is 4.90 Å². The van der Waals surface area contributed by atoms with Crippen LogP contribution in [0.3, 0.4) is 0 Å². The van der Waals surface area contributed by atoms with Crippen LogP contribution in [0.25, 0.3) is 0 Å². The van der Waals surface area contributed by atoms with E-state index in [4.69, 9.17) is 11.6 Å². The Hall–Kier alpha value is -2.80. The lowest BCUT2D eigenvalue weighted by Crippen LogP contribution is -2.48. The smallest absolute Gasteiger partial charge is 0.292 e. The molecule has 1 amide bonds. The van der Waals surface area contributed by atoms with Crippen molar-refractivity contribution in [3.63, 3.8) is 0 Å². The van der Waals surface area contributed by atoms with Gasteiger partial charge in [0.15, 0.2) is 0 Å². The second kappa shape index (κ2) is 9.56. The number of anilines is 2. The van der Waals surface area contributed by atoms with E-state index in [1.165, 1.54) is 12.8 Å². The van der Waals surface area contributed by atoms with Crippen LogP contribution in [0.4, 0.5) is 17.1 Å². The SMILES string of the molecule is O=C(c1ccc(Cl)cc1)N1CCN(c2ccc([N+](=O)[O-])c(N3CCCCCC3)c2)CC1. The first-order valence-corrected chi connectivity index (χ1v) is 11.2. The Labute approximate surface area is 187 Å². The van der Waals surface area contributed by atoms with E-state index in [1.807, 2.05) is 17.0 Å². The van der Waals surface area contributed by atoms with Crippen molar-refractivity contribution in [2.75, 3.05) is 49.1 Å². The molecular weight excluding hydrogens is 416 g/mol. The van der Waals surface area contributed by atoms with Crippen LogP contribution in [0.1, 0.15) is 36.0 Å². The number of piperazine rings is 1. The molecule has 2 saturated heterocycles. The fraction of sp³-hybridized carbons (Fsp3) is 0.435. The fourth-order valence-electron chi connectivity index (χ4n) is 4.37. The van der Waals surface area contributed by atoms with E-state index in [0.717, 1.165) is 31.6 Å². The number of nitro benzene ring substituents is 1. The van der Waals surface area contributed by atoms with E-state index < -0.39 is 0 Å². The van der Waals surface area contributed by atoms with E-state index in [0.29, 0.717) is 42.5 Å². The molecular formula is C23H27ClN4O3. The van der Waals surface area contributed by atoms with Crippen LogP contribution in [-0.2, 0) is 0 Å². The summed E-state index contributed by atoms with van der Waals surface area (Å²) in [7, 11) is 0. The molecule has 2 fully saturated rings. The number of hydrogen-bond acceptors (Lipinski definition) is 5. The first-order valence-electron chi connectivity index (χ1n) is 10.9. The quantitative estimate of drug-likeness (QED) is 0.511. The summed E-state index contributed by atoms with van der Waals surface area (Å²) in [5.41, 5.74) is 2.49. The molecule has 164 valence electrons. The second-order valence-electron chi connectivity index (χ2n) is 8.12. The van der Waals surface area contributed by atoms with Gasteiger partial charge in [-0.05, 0) is 49.2 Å². The van der Waals surface area contributed by atoms with Crippen LogP contribution >= 0.6 is 11.6 Å². The highest BCUT2D eigenvalue weighted by atomic mass is 35.5. The van der Waals surface area contributed by atoms with Gasteiger partial charge in [0.2, 0.25) is 0 Å². The Bertz CT molecular complexity index is 934. The highest BCUT2D eigenvalue weighted by molar-refractivity contribution is 6.30. The molecule has 2 aromatic rings. The number of hydrogen-bond donors (Lipinski definition) is 0. The van der Waals surface area contributed by atoms with Crippen LogP contribution in [0.2, 0.25) is 5.02 Å². The third-order valence-corrected chi connectivity index (χ3v) is 6.38. The Kier molecular flexibility index (Phi) is 6.61. The summed E-state index contributed by atoms with van der Waals surface area (Å²) in [6.07, 6.45) is 4.47. The maximum Gasteiger partial charge on any atom is 0.292 e. The molecule has 0 aromatic heterocycles. The number of carbonyl (C=O) groups excluding carboxylic acids is 1. The fourth-order valence-corrected chi connectivity index (χ4v) is 4.50. The van der Waals surface area contributed by atoms with Gasteiger partial charge in [0.25, 0.3) is 11.6 Å². The van der Waals surface area contributed by atoms with Gasteiger partial charge in [-0.2, -0.15) is 0 Å². The normalized spacial score (nSPS) is 17.4. The first-order chi connectivity index (χ1) is 15.0. The van der Waals surface area contributed by atoms with Gasteiger partial charge < -0.3 is 14.7 Å². The van der Waals surface area contributed by atoms with Gasteiger partial charge in [-0.3, -0.25) is 14.9 Å².